The van der Waals surface area contributed by atoms with E-state index in [2.05, 4.69) is 15.3 Å². The van der Waals surface area contributed by atoms with Crippen LogP contribution in [0.4, 0.5) is 5.69 Å². The fourth-order valence-corrected chi connectivity index (χ4v) is 3.15. The molecule has 0 bridgehead atoms. The zero-order chi connectivity index (χ0) is 11.7. The molecule has 1 saturated heterocycles. The van der Waals surface area contributed by atoms with Crippen LogP contribution in [0.2, 0.25) is 0 Å². The van der Waals surface area contributed by atoms with Gasteiger partial charge in [0, 0.05) is 11.4 Å². The summed E-state index contributed by atoms with van der Waals surface area (Å²) in [5.41, 5.74) is 8.54. The van der Waals surface area contributed by atoms with E-state index < -0.39 is 0 Å². The largest absolute Gasteiger partial charge is 0.399 e. The van der Waals surface area contributed by atoms with Gasteiger partial charge in [-0.15, -0.1) is 0 Å². The van der Waals surface area contributed by atoms with E-state index in [-0.39, 0.29) is 0 Å². The molecule has 3 rings (SSSR count). The normalized spacial score (nSPS) is 20.1. The van der Waals surface area contributed by atoms with Crippen LogP contribution in [0.3, 0.4) is 0 Å². The van der Waals surface area contributed by atoms with E-state index in [9.17, 15) is 0 Å². The van der Waals surface area contributed by atoms with Crippen molar-refractivity contribution in [2.45, 2.75) is 11.6 Å². The third-order valence-electron chi connectivity index (χ3n) is 3.10. The minimum atomic E-state index is 0.776. The number of imidazole rings is 1. The third-order valence-corrected chi connectivity index (χ3v) is 4.21. The number of thioether (sulfide) groups is 1. The Morgan fingerprint density at radius 3 is 3.24 bits per heavy atom. The van der Waals surface area contributed by atoms with E-state index in [0.29, 0.717) is 0 Å². The number of anilines is 1. The summed E-state index contributed by atoms with van der Waals surface area (Å²) in [4.78, 5) is 7.86. The van der Waals surface area contributed by atoms with Gasteiger partial charge >= 0.3 is 0 Å². The number of H-pyrrole nitrogens is 1. The van der Waals surface area contributed by atoms with Crippen molar-refractivity contribution in [2.75, 3.05) is 24.6 Å². The third kappa shape index (κ3) is 2.40. The molecule has 1 aromatic carbocycles. The smallest absolute Gasteiger partial charge is 0.166 e. The molecule has 1 aliphatic rings. The number of nitrogens with one attached hydrogen (secondary N) is 2. The maximum absolute atomic E-state index is 5.74. The second kappa shape index (κ2) is 4.58. The maximum atomic E-state index is 5.74. The van der Waals surface area contributed by atoms with Gasteiger partial charge in [0.25, 0.3) is 0 Å². The van der Waals surface area contributed by atoms with Gasteiger partial charge in [-0.2, -0.15) is 0 Å². The lowest BCUT2D eigenvalue weighted by atomic mass is 10.2. The molecule has 1 aromatic heterocycles. The molecule has 1 unspecified atom stereocenters. The Hall–Kier alpha value is -1.20. The lowest BCUT2D eigenvalue weighted by molar-refractivity contribution is 0.662. The first-order chi connectivity index (χ1) is 8.31. The van der Waals surface area contributed by atoms with Crippen molar-refractivity contribution in [3.05, 3.63) is 18.2 Å². The molecule has 0 aliphatic carbocycles. The van der Waals surface area contributed by atoms with Crippen LogP contribution in [0.1, 0.15) is 6.42 Å². The lowest BCUT2D eigenvalue weighted by Crippen LogP contribution is -2.10. The standard InChI is InChI=1S/C12H16N4S/c13-9-1-2-10-11(5-9)16-12(15-10)17-7-8-3-4-14-6-8/h1-2,5,8,14H,3-4,6-7,13H2,(H,15,16). The summed E-state index contributed by atoms with van der Waals surface area (Å²) in [6.07, 6.45) is 1.28. The quantitative estimate of drug-likeness (QED) is 0.573. The number of hydrogen-bond acceptors (Lipinski definition) is 4. The van der Waals surface area contributed by atoms with Gasteiger partial charge in [-0.1, -0.05) is 11.8 Å². The predicted molar refractivity (Wildman–Crippen MR) is 72.2 cm³/mol. The van der Waals surface area contributed by atoms with Crippen molar-refractivity contribution < 1.29 is 0 Å². The molecule has 2 aromatic rings. The monoisotopic (exact) mass is 248 g/mol. The summed E-state index contributed by atoms with van der Waals surface area (Å²) in [7, 11) is 0. The number of benzene rings is 1. The highest BCUT2D eigenvalue weighted by Gasteiger charge is 2.15. The number of hydrogen-bond donors (Lipinski definition) is 3. The highest BCUT2D eigenvalue weighted by Crippen LogP contribution is 2.24. The molecular formula is C12H16N4S. The second-order valence-electron chi connectivity index (χ2n) is 4.49. The molecule has 0 saturated carbocycles. The van der Waals surface area contributed by atoms with Crippen molar-refractivity contribution in [3.8, 4) is 0 Å². The first-order valence-electron chi connectivity index (χ1n) is 5.90. The maximum Gasteiger partial charge on any atom is 0.166 e. The van der Waals surface area contributed by atoms with E-state index in [1.54, 1.807) is 11.8 Å². The average molecular weight is 248 g/mol. The number of aromatic amines is 1. The molecule has 0 radical (unpaired) electrons. The van der Waals surface area contributed by atoms with E-state index >= 15 is 0 Å². The highest BCUT2D eigenvalue weighted by molar-refractivity contribution is 7.99. The number of nitrogens with two attached hydrogens (primary N) is 1. The minimum absolute atomic E-state index is 0.776. The summed E-state index contributed by atoms with van der Waals surface area (Å²) in [6, 6.07) is 5.78. The van der Waals surface area contributed by atoms with E-state index in [0.717, 1.165) is 46.6 Å². The van der Waals surface area contributed by atoms with Gasteiger partial charge in [0.2, 0.25) is 0 Å². The van der Waals surface area contributed by atoms with Gasteiger partial charge in [0.1, 0.15) is 0 Å². The van der Waals surface area contributed by atoms with Crippen molar-refractivity contribution in [2.24, 2.45) is 5.92 Å². The van der Waals surface area contributed by atoms with Gasteiger partial charge in [0.15, 0.2) is 5.16 Å². The Morgan fingerprint density at radius 2 is 2.41 bits per heavy atom. The number of fused-ring (bicyclic) bond motifs is 1. The molecule has 1 fully saturated rings. The molecule has 17 heavy (non-hydrogen) atoms. The zero-order valence-electron chi connectivity index (χ0n) is 9.57. The van der Waals surface area contributed by atoms with Gasteiger partial charge in [-0.25, -0.2) is 4.98 Å². The highest BCUT2D eigenvalue weighted by atomic mass is 32.2. The topological polar surface area (TPSA) is 66.7 Å². The summed E-state index contributed by atoms with van der Waals surface area (Å²) in [6.45, 7) is 2.29. The number of nitrogens with zero attached hydrogens (tertiary/aromatic N) is 1. The SMILES string of the molecule is Nc1ccc2nc(SCC3CCNC3)[nH]c2c1. The summed E-state index contributed by atoms with van der Waals surface area (Å²) in [5, 5.41) is 4.38. The Kier molecular flexibility index (Phi) is 2.94. The van der Waals surface area contributed by atoms with Crippen LogP contribution in [0.15, 0.2) is 23.4 Å². The lowest BCUT2D eigenvalue weighted by Gasteiger charge is -2.04. The van der Waals surface area contributed by atoms with Crippen LogP contribution in [-0.4, -0.2) is 28.8 Å². The average Bonchev–Trinajstić information content (AvgIpc) is 2.94. The molecule has 0 amide bonds. The zero-order valence-corrected chi connectivity index (χ0v) is 10.4. The number of nitrogen functional groups attached to an aromatic ring is 1. The van der Waals surface area contributed by atoms with Crippen LogP contribution in [0.25, 0.3) is 11.0 Å². The van der Waals surface area contributed by atoms with Crippen LogP contribution in [0.5, 0.6) is 0 Å². The fraction of sp³-hybridized carbons (Fsp3) is 0.417. The first-order valence-corrected chi connectivity index (χ1v) is 6.88. The van der Waals surface area contributed by atoms with Gasteiger partial charge in [0.05, 0.1) is 11.0 Å². The van der Waals surface area contributed by atoms with Crippen LogP contribution in [-0.2, 0) is 0 Å². The minimum Gasteiger partial charge on any atom is -0.399 e. The molecule has 4 N–H and O–H groups in total. The van der Waals surface area contributed by atoms with Crippen molar-refractivity contribution >= 4 is 28.5 Å². The Balaban J connectivity index is 1.72. The van der Waals surface area contributed by atoms with Crippen molar-refractivity contribution in [1.82, 2.24) is 15.3 Å². The molecule has 5 heteroatoms. The van der Waals surface area contributed by atoms with Crippen LogP contribution < -0.4 is 11.1 Å². The molecule has 90 valence electrons. The predicted octanol–water partition coefficient (Wildman–Crippen LogP) is 1.85. The molecule has 1 atom stereocenters. The summed E-state index contributed by atoms with van der Waals surface area (Å²) < 4.78 is 0. The summed E-state index contributed by atoms with van der Waals surface area (Å²) >= 11 is 1.80. The van der Waals surface area contributed by atoms with E-state index in [4.69, 9.17) is 5.73 Å². The number of aromatic nitrogens is 2. The molecule has 1 aliphatic heterocycles. The Labute approximate surface area is 104 Å². The van der Waals surface area contributed by atoms with E-state index in [1.807, 2.05) is 18.2 Å². The Morgan fingerprint density at radius 1 is 1.47 bits per heavy atom. The Bertz CT molecular complexity index is 516. The first kappa shape index (κ1) is 10.9. The van der Waals surface area contributed by atoms with Gasteiger partial charge < -0.3 is 16.0 Å². The number of rotatable bonds is 3. The molecule has 2 heterocycles. The van der Waals surface area contributed by atoms with Gasteiger partial charge in [-0.3, -0.25) is 0 Å². The van der Waals surface area contributed by atoms with Crippen LogP contribution in [0, 0.1) is 5.92 Å². The van der Waals surface area contributed by atoms with Crippen molar-refractivity contribution in [3.63, 3.8) is 0 Å². The van der Waals surface area contributed by atoms with Gasteiger partial charge in [-0.05, 0) is 43.6 Å². The van der Waals surface area contributed by atoms with Crippen molar-refractivity contribution in [1.29, 1.82) is 0 Å². The van der Waals surface area contributed by atoms with Crippen LogP contribution >= 0.6 is 11.8 Å². The second-order valence-corrected chi connectivity index (χ2v) is 5.50. The molecule has 4 nitrogen and oxygen atoms in total. The van der Waals surface area contributed by atoms with E-state index in [1.165, 1.54) is 6.42 Å². The molecular weight excluding hydrogens is 232 g/mol. The fourth-order valence-electron chi connectivity index (χ4n) is 2.13. The molecule has 0 spiro atoms. The summed E-state index contributed by atoms with van der Waals surface area (Å²) in [5.74, 6) is 1.90.